The number of anilines is 1. The van der Waals surface area contributed by atoms with Crippen molar-refractivity contribution in [1.29, 1.82) is 31.6 Å². The van der Waals surface area contributed by atoms with Crippen molar-refractivity contribution in [3.05, 3.63) is 22.8 Å². The van der Waals surface area contributed by atoms with E-state index in [-0.39, 0.29) is 61.9 Å². The van der Waals surface area contributed by atoms with Crippen LogP contribution in [0.15, 0.2) is 4.99 Å². The van der Waals surface area contributed by atoms with Crippen LogP contribution in [0.25, 0.3) is 22.1 Å². The molecule has 12 heteroatoms. The van der Waals surface area contributed by atoms with Gasteiger partial charge in [-0.05, 0) is 6.92 Å². The summed E-state index contributed by atoms with van der Waals surface area (Å²) in [5, 5.41) is 55.7. The van der Waals surface area contributed by atoms with Crippen molar-refractivity contribution in [3.63, 3.8) is 0 Å². The van der Waals surface area contributed by atoms with E-state index in [1.54, 1.807) is 24.3 Å². The van der Waals surface area contributed by atoms with Crippen LogP contribution < -0.4 is 5.73 Å². The maximum atomic E-state index is 9.39. The predicted octanol–water partition coefficient (Wildman–Crippen LogP) is 1.40. The van der Waals surface area contributed by atoms with E-state index in [0.29, 0.717) is 0 Å². The van der Waals surface area contributed by atoms with Crippen molar-refractivity contribution < 1.29 is 0 Å². The van der Waals surface area contributed by atoms with Crippen LogP contribution in [0.3, 0.4) is 0 Å². The summed E-state index contributed by atoms with van der Waals surface area (Å²) in [4.78, 5) is 20.5. The first-order valence-electron chi connectivity index (χ1n) is 8.27. The van der Waals surface area contributed by atoms with Gasteiger partial charge in [0.2, 0.25) is 0 Å². The van der Waals surface area contributed by atoms with E-state index in [1.165, 1.54) is 6.92 Å². The maximum Gasteiger partial charge on any atom is 0.177 e. The van der Waals surface area contributed by atoms with E-state index in [4.69, 9.17) is 11.0 Å². The van der Waals surface area contributed by atoms with Crippen molar-refractivity contribution in [2.24, 2.45) is 10.9 Å². The van der Waals surface area contributed by atoms with Crippen molar-refractivity contribution in [2.75, 3.05) is 5.73 Å². The summed E-state index contributed by atoms with van der Waals surface area (Å²) in [7, 11) is 0. The second-order valence-corrected chi connectivity index (χ2v) is 5.91. The van der Waals surface area contributed by atoms with E-state index in [2.05, 4.69) is 24.9 Å². The average Bonchev–Trinajstić information content (AvgIpc) is 2.81. The monoisotopic (exact) mass is 402 g/mol. The van der Waals surface area contributed by atoms with Crippen LogP contribution in [-0.2, 0) is 0 Å². The number of rotatable bonds is 2. The van der Waals surface area contributed by atoms with E-state index < -0.39 is 5.92 Å². The molecule has 0 spiro atoms. The molecule has 0 aliphatic rings. The number of nitrogens with zero attached hydrogens (tertiary/aromatic N) is 11. The maximum absolute atomic E-state index is 9.39. The lowest BCUT2D eigenvalue weighted by Gasteiger charge is -2.11. The molecule has 31 heavy (non-hydrogen) atoms. The number of hydrogen-bond acceptors (Lipinski definition) is 12. The molecule has 0 saturated carbocycles. The number of nitrogen functional groups attached to an aromatic ring is 1. The van der Waals surface area contributed by atoms with Gasteiger partial charge >= 0.3 is 0 Å². The average molecular weight is 402 g/mol. The molecule has 0 saturated heterocycles. The minimum Gasteiger partial charge on any atom is -0.395 e. The van der Waals surface area contributed by atoms with E-state index >= 15 is 0 Å². The van der Waals surface area contributed by atoms with Crippen LogP contribution in [0.2, 0.25) is 0 Å². The minimum atomic E-state index is -0.890. The van der Waals surface area contributed by atoms with E-state index in [1.807, 2.05) is 12.1 Å². The van der Waals surface area contributed by atoms with Crippen LogP contribution in [0, 0.1) is 73.9 Å². The van der Waals surface area contributed by atoms with Crippen molar-refractivity contribution in [3.8, 4) is 36.4 Å². The summed E-state index contributed by atoms with van der Waals surface area (Å²) in [6.07, 6.45) is 0. The third kappa shape index (κ3) is 3.12. The first kappa shape index (κ1) is 20.1. The molecule has 2 N–H and O–H groups in total. The van der Waals surface area contributed by atoms with Crippen molar-refractivity contribution in [1.82, 2.24) is 19.9 Å². The number of aliphatic imine (C=N–C) groups is 1. The van der Waals surface area contributed by atoms with Gasteiger partial charge in [0.15, 0.2) is 22.8 Å². The molecule has 2 heterocycles. The number of nitriles is 6. The fraction of sp³-hybridized carbons (Fsp3) is 0.105. The summed E-state index contributed by atoms with van der Waals surface area (Å²) in [5.74, 6) is -0.890. The summed E-state index contributed by atoms with van der Waals surface area (Å²) in [5.41, 5.74) is 4.24. The lowest BCUT2D eigenvalue weighted by atomic mass is 10.1. The standard InChI is InChI=1S/C19H6N12/c1-8(2-20)9(3-21)27-15-14(26)16-18(29-11(5-23)10(4-22)28-16)19-17(15)30-12(6-24)13(7-25)31-19/h8H,26H2,1H3. The van der Waals surface area contributed by atoms with Crippen molar-refractivity contribution in [2.45, 2.75) is 6.92 Å². The van der Waals surface area contributed by atoms with Gasteiger partial charge in [-0.1, -0.05) is 0 Å². The summed E-state index contributed by atoms with van der Waals surface area (Å²) >= 11 is 0. The highest BCUT2D eigenvalue weighted by Gasteiger charge is 2.23. The predicted molar refractivity (Wildman–Crippen MR) is 103 cm³/mol. The Morgan fingerprint density at radius 3 is 1.58 bits per heavy atom. The highest BCUT2D eigenvalue weighted by molar-refractivity contribution is 6.15. The zero-order valence-corrected chi connectivity index (χ0v) is 15.6. The molecule has 2 aromatic heterocycles. The number of aromatic nitrogens is 4. The molecule has 3 aromatic rings. The molecule has 0 bridgehead atoms. The smallest absolute Gasteiger partial charge is 0.177 e. The Morgan fingerprint density at radius 2 is 1.16 bits per heavy atom. The fourth-order valence-corrected chi connectivity index (χ4v) is 2.62. The Bertz CT molecular complexity index is 1570. The van der Waals surface area contributed by atoms with Crippen LogP contribution in [0.1, 0.15) is 29.7 Å². The molecule has 1 aromatic carbocycles. The van der Waals surface area contributed by atoms with Crippen LogP contribution in [0.4, 0.5) is 11.4 Å². The second kappa shape index (κ2) is 7.74. The van der Waals surface area contributed by atoms with Gasteiger partial charge in [0.05, 0.1) is 17.7 Å². The molecule has 1 unspecified atom stereocenters. The molecule has 0 aliphatic carbocycles. The summed E-state index contributed by atoms with van der Waals surface area (Å²) < 4.78 is 0. The van der Waals surface area contributed by atoms with Gasteiger partial charge in [0.25, 0.3) is 0 Å². The first-order chi connectivity index (χ1) is 14.9. The molecule has 0 aliphatic heterocycles. The third-order valence-corrected chi connectivity index (χ3v) is 4.12. The first-order valence-corrected chi connectivity index (χ1v) is 8.27. The van der Waals surface area contributed by atoms with Gasteiger partial charge in [0.1, 0.15) is 63.8 Å². The van der Waals surface area contributed by atoms with Crippen LogP contribution >= 0.6 is 0 Å². The van der Waals surface area contributed by atoms with Gasteiger partial charge in [0, 0.05) is 0 Å². The molecule has 12 nitrogen and oxygen atoms in total. The molecule has 1 atom stereocenters. The molecule has 0 amide bonds. The Labute approximate surface area is 174 Å². The Kier molecular flexibility index (Phi) is 5.01. The molecular formula is C19H6N12. The third-order valence-electron chi connectivity index (χ3n) is 4.12. The Balaban J connectivity index is 2.66. The highest BCUT2D eigenvalue weighted by Crippen LogP contribution is 2.38. The van der Waals surface area contributed by atoms with Gasteiger partial charge in [-0.15, -0.1) is 0 Å². The number of hydrogen-bond donors (Lipinski definition) is 1. The lowest BCUT2D eigenvalue weighted by Crippen LogP contribution is -2.08. The SMILES string of the molecule is CC(C#N)C(C#N)=Nc1c(N)c2nc(C#N)c(C#N)nc2c2nc(C#N)c(C#N)nc12. The topological polar surface area (TPSA) is 233 Å². The quantitative estimate of drug-likeness (QED) is 0.365. The molecule has 0 radical (unpaired) electrons. The van der Waals surface area contributed by atoms with Gasteiger partial charge in [-0.25, -0.2) is 24.9 Å². The fourth-order valence-electron chi connectivity index (χ4n) is 2.62. The number of fused-ring (bicyclic) bond motifs is 3. The molecule has 0 fully saturated rings. The molecule has 3 rings (SSSR count). The highest BCUT2D eigenvalue weighted by atomic mass is 14.9. The normalized spacial score (nSPS) is 11.4. The zero-order valence-electron chi connectivity index (χ0n) is 15.6. The van der Waals surface area contributed by atoms with E-state index in [9.17, 15) is 26.3 Å². The van der Waals surface area contributed by atoms with Gasteiger partial charge < -0.3 is 5.73 Å². The van der Waals surface area contributed by atoms with Gasteiger partial charge in [-0.2, -0.15) is 31.6 Å². The summed E-state index contributed by atoms with van der Waals surface area (Å²) in [6, 6.07) is 10.7. The van der Waals surface area contributed by atoms with E-state index in [0.717, 1.165) is 0 Å². The largest absolute Gasteiger partial charge is 0.395 e. The Morgan fingerprint density at radius 1 is 0.742 bits per heavy atom. The minimum absolute atomic E-state index is 0.0395. The molecule has 142 valence electrons. The van der Waals surface area contributed by atoms with Crippen LogP contribution in [-0.4, -0.2) is 25.6 Å². The Hall–Kier alpha value is -5.69. The number of nitrogens with two attached hydrogens (primary N) is 1. The lowest BCUT2D eigenvalue weighted by molar-refractivity contribution is 1.02. The van der Waals surface area contributed by atoms with Crippen LogP contribution in [0.5, 0.6) is 0 Å². The van der Waals surface area contributed by atoms with Gasteiger partial charge in [-0.3, -0.25) is 0 Å². The second-order valence-electron chi connectivity index (χ2n) is 5.91. The van der Waals surface area contributed by atoms with Crippen molar-refractivity contribution >= 4 is 39.2 Å². The zero-order chi connectivity index (χ0) is 22.7. The summed E-state index contributed by atoms with van der Waals surface area (Å²) in [6.45, 7) is 1.45. The number of benzene rings is 1. The molecular weight excluding hydrogens is 396 g/mol.